The van der Waals surface area contributed by atoms with E-state index in [0.717, 1.165) is 12.1 Å². The number of phenolic OH excluding ortho intramolecular Hbond substituents is 1. The molecular weight excluding hydrogens is 168 g/mol. The van der Waals surface area contributed by atoms with Crippen LogP contribution in [0.15, 0.2) is 24.3 Å². The van der Waals surface area contributed by atoms with Gasteiger partial charge in [-0.15, -0.1) is 0 Å². The molecule has 4 nitrogen and oxygen atoms in total. The molecule has 74 valence electrons. The number of nitrogens with zero attached hydrogens (tertiary/aromatic N) is 1. The van der Waals surface area contributed by atoms with Gasteiger partial charge in [-0.25, -0.2) is 5.90 Å². The maximum absolute atomic E-state index is 9.33. The molecule has 0 unspecified atom stereocenters. The molecule has 1 rings (SSSR count). The Kier molecular flexibility index (Phi) is 5.88. The Morgan fingerprint density at radius 3 is 2.23 bits per heavy atom. The second-order valence-corrected chi connectivity index (χ2v) is 2.87. The molecule has 0 amide bonds. The van der Waals surface area contributed by atoms with Crippen LogP contribution in [0.1, 0.15) is 5.56 Å². The Hall–Kier alpha value is -1.10. The van der Waals surface area contributed by atoms with Gasteiger partial charge in [0.15, 0.2) is 0 Å². The topological polar surface area (TPSA) is 69.7 Å². The van der Waals surface area contributed by atoms with Crippen molar-refractivity contribution in [2.75, 3.05) is 14.1 Å². The van der Waals surface area contributed by atoms with Crippen molar-refractivity contribution in [3.8, 4) is 5.75 Å². The summed E-state index contributed by atoms with van der Waals surface area (Å²) in [6.45, 7) is 0.784. The van der Waals surface area contributed by atoms with Crippen LogP contribution in [0, 0.1) is 0 Å². The van der Waals surface area contributed by atoms with E-state index >= 15 is 0 Å². The summed E-state index contributed by atoms with van der Waals surface area (Å²) in [7, 11) is 3.96. The molecule has 0 heterocycles. The monoisotopic (exact) mass is 184 g/mol. The number of phenols is 1. The largest absolute Gasteiger partial charge is 0.508 e. The van der Waals surface area contributed by atoms with Crippen molar-refractivity contribution >= 4 is 0 Å². The van der Waals surface area contributed by atoms with Crippen molar-refractivity contribution in [2.24, 2.45) is 5.90 Å². The molecule has 0 atom stereocenters. The zero-order chi connectivity index (χ0) is 10.3. The van der Waals surface area contributed by atoms with Crippen molar-refractivity contribution in [3.05, 3.63) is 29.8 Å². The molecule has 1 aromatic carbocycles. The third-order valence-electron chi connectivity index (χ3n) is 1.48. The summed E-state index contributed by atoms with van der Waals surface area (Å²) in [5, 5.41) is 15.8. The van der Waals surface area contributed by atoms with E-state index < -0.39 is 0 Å². The summed E-state index contributed by atoms with van der Waals surface area (Å²) < 4.78 is 0. The van der Waals surface area contributed by atoms with E-state index in [2.05, 4.69) is 5.90 Å². The standard InChI is InChI=1S/C9H13NO.H3NO/c1-10(2)7-8-5-3-4-6-9(8)11;1-2/h3-6,11H,7H2,1-2H3;2H,1H2. The predicted molar refractivity (Wildman–Crippen MR) is 51.5 cm³/mol. The number of para-hydroxylation sites is 1. The molecule has 0 saturated carbocycles. The maximum atomic E-state index is 9.33. The lowest BCUT2D eigenvalue weighted by Gasteiger charge is -2.10. The zero-order valence-corrected chi connectivity index (χ0v) is 7.94. The van der Waals surface area contributed by atoms with Crippen LogP contribution in [0.3, 0.4) is 0 Å². The van der Waals surface area contributed by atoms with Crippen LogP contribution < -0.4 is 5.90 Å². The van der Waals surface area contributed by atoms with Crippen molar-refractivity contribution in [1.82, 2.24) is 4.90 Å². The number of aromatic hydroxyl groups is 1. The van der Waals surface area contributed by atoms with Gasteiger partial charge in [-0.3, -0.25) is 0 Å². The Morgan fingerprint density at radius 1 is 1.23 bits per heavy atom. The quantitative estimate of drug-likeness (QED) is 0.594. The maximum Gasteiger partial charge on any atom is 0.120 e. The molecule has 0 aliphatic carbocycles. The predicted octanol–water partition coefficient (Wildman–Crippen LogP) is 0.788. The van der Waals surface area contributed by atoms with E-state index in [-0.39, 0.29) is 0 Å². The second-order valence-electron chi connectivity index (χ2n) is 2.87. The van der Waals surface area contributed by atoms with Gasteiger partial charge in [0.25, 0.3) is 0 Å². The molecule has 4 N–H and O–H groups in total. The first-order valence-electron chi connectivity index (χ1n) is 3.87. The Labute approximate surface area is 78.2 Å². The van der Waals surface area contributed by atoms with Gasteiger partial charge in [0.05, 0.1) is 0 Å². The summed E-state index contributed by atoms with van der Waals surface area (Å²) in [4.78, 5) is 2.02. The van der Waals surface area contributed by atoms with Crippen LogP contribution >= 0.6 is 0 Å². The highest BCUT2D eigenvalue weighted by Crippen LogP contribution is 2.16. The first kappa shape index (κ1) is 11.9. The average Bonchev–Trinajstić information content (AvgIpc) is 2.12. The molecule has 0 bridgehead atoms. The highest BCUT2D eigenvalue weighted by molar-refractivity contribution is 5.31. The molecule has 0 radical (unpaired) electrons. The molecule has 0 spiro atoms. The van der Waals surface area contributed by atoms with Crippen molar-refractivity contribution in [3.63, 3.8) is 0 Å². The van der Waals surface area contributed by atoms with E-state index in [1.807, 2.05) is 37.2 Å². The minimum absolute atomic E-state index is 0.376. The van der Waals surface area contributed by atoms with Gasteiger partial charge >= 0.3 is 0 Å². The molecule has 0 saturated heterocycles. The van der Waals surface area contributed by atoms with Gasteiger partial charge in [-0.05, 0) is 20.2 Å². The Bertz CT molecular complexity index is 239. The molecule has 13 heavy (non-hydrogen) atoms. The van der Waals surface area contributed by atoms with Gasteiger partial charge in [0.2, 0.25) is 0 Å². The van der Waals surface area contributed by atoms with Gasteiger partial charge < -0.3 is 15.2 Å². The van der Waals surface area contributed by atoms with E-state index in [1.54, 1.807) is 6.07 Å². The first-order valence-corrected chi connectivity index (χ1v) is 3.87. The van der Waals surface area contributed by atoms with E-state index in [4.69, 9.17) is 5.21 Å². The summed E-state index contributed by atoms with van der Waals surface area (Å²) in [5.74, 6) is 3.88. The van der Waals surface area contributed by atoms with Crippen molar-refractivity contribution in [2.45, 2.75) is 6.54 Å². The molecule has 1 aromatic rings. The fourth-order valence-corrected chi connectivity index (χ4v) is 0.985. The van der Waals surface area contributed by atoms with Crippen LogP contribution in [0.4, 0.5) is 0 Å². The number of hydrogen-bond donors (Lipinski definition) is 3. The van der Waals surface area contributed by atoms with Gasteiger partial charge in [-0.2, -0.15) is 0 Å². The third-order valence-corrected chi connectivity index (χ3v) is 1.48. The molecule has 0 aromatic heterocycles. The third kappa shape index (κ3) is 4.47. The van der Waals surface area contributed by atoms with E-state index in [1.165, 1.54) is 0 Å². The van der Waals surface area contributed by atoms with Crippen molar-refractivity contribution < 1.29 is 10.3 Å². The lowest BCUT2D eigenvalue weighted by atomic mass is 10.2. The van der Waals surface area contributed by atoms with E-state index in [9.17, 15) is 5.11 Å². The number of benzene rings is 1. The van der Waals surface area contributed by atoms with E-state index in [0.29, 0.717) is 5.75 Å². The lowest BCUT2D eigenvalue weighted by molar-refractivity contribution is 0.311. The molecular formula is C9H16N2O2. The highest BCUT2D eigenvalue weighted by Gasteiger charge is 1.98. The Morgan fingerprint density at radius 2 is 1.77 bits per heavy atom. The second kappa shape index (κ2) is 6.42. The Balaban J connectivity index is 0.000000671. The smallest absolute Gasteiger partial charge is 0.120 e. The first-order chi connectivity index (χ1) is 6.20. The highest BCUT2D eigenvalue weighted by atomic mass is 16.4. The van der Waals surface area contributed by atoms with Crippen LogP contribution in [0.5, 0.6) is 5.75 Å². The normalized spacial score (nSPS) is 9.31. The molecule has 0 fully saturated rings. The minimum atomic E-state index is 0.376. The van der Waals surface area contributed by atoms with Crippen LogP contribution in [-0.4, -0.2) is 29.3 Å². The van der Waals surface area contributed by atoms with Gasteiger partial charge in [0, 0.05) is 12.1 Å². The molecule has 4 heteroatoms. The average molecular weight is 184 g/mol. The van der Waals surface area contributed by atoms with Gasteiger partial charge in [0.1, 0.15) is 5.75 Å². The van der Waals surface area contributed by atoms with Crippen LogP contribution in [0.2, 0.25) is 0 Å². The zero-order valence-electron chi connectivity index (χ0n) is 7.94. The molecule has 0 aliphatic rings. The summed E-state index contributed by atoms with van der Waals surface area (Å²) >= 11 is 0. The van der Waals surface area contributed by atoms with Crippen LogP contribution in [-0.2, 0) is 6.54 Å². The number of hydrogen-bond acceptors (Lipinski definition) is 4. The van der Waals surface area contributed by atoms with Crippen LogP contribution in [0.25, 0.3) is 0 Å². The summed E-state index contributed by atoms with van der Waals surface area (Å²) in [6.07, 6.45) is 0. The number of rotatable bonds is 2. The minimum Gasteiger partial charge on any atom is -0.508 e. The number of nitrogens with two attached hydrogens (primary N) is 1. The SMILES string of the molecule is CN(C)Cc1ccccc1O.NO. The van der Waals surface area contributed by atoms with Crippen molar-refractivity contribution in [1.29, 1.82) is 0 Å². The van der Waals surface area contributed by atoms with Gasteiger partial charge in [-0.1, -0.05) is 18.2 Å². The fraction of sp³-hybridized carbons (Fsp3) is 0.333. The summed E-state index contributed by atoms with van der Waals surface area (Å²) in [5.41, 5.74) is 0.970. The summed E-state index contributed by atoms with van der Waals surface area (Å²) in [6, 6.07) is 7.39. The fourth-order valence-electron chi connectivity index (χ4n) is 0.985. The molecule has 0 aliphatic heterocycles. The lowest BCUT2D eigenvalue weighted by Crippen LogP contribution is -2.10.